The monoisotopic (exact) mass is 269 g/mol. The molecule has 0 spiro atoms. The summed E-state index contributed by atoms with van der Waals surface area (Å²) in [6.45, 7) is 0.206. The third kappa shape index (κ3) is 4.72. The number of hydrogen-bond acceptors (Lipinski definition) is 4. The molecule has 8 heteroatoms. The Morgan fingerprint density at radius 1 is 1.24 bits per heavy atom. The molecule has 0 saturated heterocycles. The summed E-state index contributed by atoms with van der Waals surface area (Å²) in [6.07, 6.45) is -4.54. The van der Waals surface area contributed by atoms with Crippen LogP contribution in [0, 0.1) is 6.92 Å². The second kappa shape index (κ2) is 5.03. The quantitative estimate of drug-likeness (QED) is 0.846. The number of benzene rings is 1. The summed E-state index contributed by atoms with van der Waals surface area (Å²) in [7, 11) is -4.21. The highest BCUT2D eigenvalue weighted by Gasteiger charge is 2.28. The fourth-order valence-electron chi connectivity index (χ4n) is 0.942. The van der Waals surface area contributed by atoms with Crippen molar-refractivity contribution in [2.75, 3.05) is 6.54 Å². The van der Waals surface area contributed by atoms with Gasteiger partial charge in [-0.15, -0.1) is 0 Å². The normalized spacial score (nSPS) is 12.7. The van der Waals surface area contributed by atoms with Gasteiger partial charge in [0.1, 0.15) is 6.54 Å². The van der Waals surface area contributed by atoms with E-state index in [0.717, 1.165) is 5.56 Å². The van der Waals surface area contributed by atoms with Crippen molar-refractivity contribution < 1.29 is 25.9 Å². The molecule has 1 rings (SSSR count). The van der Waals surface area contributed by atoms with Crippen LogP contribution in [-0.2, 0) is 14.4 Å². The van der Waals surface area contributed by atoms with E-state index >= 15 is 0 Å². The van der Waals surface area contributed by atoms with Crippen molar-refractivity contribution in [3.63, 3.8) is 0 Å². The largest absolute Gasteiger partial charge is 0.403 e. The van der Waals surface area contributed by atoms with Crippen LogP contribution in [0.3, 0.4) is 0 Å². The highest BCUT2D eigenvalue weighted by molar-refractivity contribution is 7.86. The lowest BCUT2D eigenvalue weighted by molar-refractivity contribution is -0.137. The van der Waals surface area contributed by atoms with Crippen molar-refractivity contribution in [2.24, 2.45) is 0 Å². The van der Waals surface area contributed by atoms with Crippen LogP contribution >= 0.6 is 0 Å². The third-order valence-electron chi connectivity index (χ3n) is 1.75. The van der Waals surface area contributed by atoms with Crippen molar-refractivity contribution in [2.45, 2.75) is 18.0 Å². The SMILES string of the molecule is Cc1ccc(S(=O)(=O)ONCC(F)(F)F)cc1. The first-order chi connectivity index (χ1) is 7.71. The van der Waals surface area contributed by atoms with Gasteiger partial charge in [0.05, 0.1) is 4.90 Å². The molecule has 1 N–H and O–H groups in total. The summed E-state index contributed by atoms with van der Waals surface area (Å²) >= 11 is 0. The molecule has 17 heavy (non-hydrogen) atoms. The van der Waals surface area contributed by atoms with Crippen LogP contribution in [0.5, 0.6) is 0 Å². The maximum Gasteiger partial charge on any atom is 0.403 e. The van der Waals surface area contributed by atoms with E-state index in [2.05, 4.69) is 4.28 Å². The first-order valence-electron chi connectivity index (χ1n) is 4.50. The number of alkyl halides is 3. The molecule has 1 aromatic rings. The van der Waals surface area contributed by atoms with E-state index in [9.17, 15) is 21.6 Å². The Kier molecular flexibility index (Phi) is 4.12. The molecule has 0 aliphatic heterocycles. The number of hydroxylamine groups is 1. The van der Waals surface area contributed by atoms with Crippen molar-refractivity contribution in [1.29, 1.82) is 0 Å². The fourth-order valence-corrected chi connectivity index (χ4v) is 1.72. The molecule has 4 nitrogen and oxygen atoms in total. The van der Waals surface area contributed by atoms with Crippen molar-refractivity contribution >= 4 is 10.1 Å². The maximum absolute atomic E-state index is 11.7. The molecule has 0 bridgehead atoms. The van der Waals surface area contributed by atoms with Gasteiger partial charge in [0.15, 0.2) is 0 Å². The highest BCUT2D eigenvalue weighted by Crippen LogP contribution is 2.15. The Balaban J connectivity index is 2.66. The standard InChI is InChI=1S/C9H10F3NO3S/c1-7-2-4-8(5-3-7)17(14,15)16-13-6-9(10,11)12/h2-5,13H,6H2,1H3. The Bertz CT molecular complexity index is 467. The van der Waals surface area contributed by atoms with Gasteiger partial charge in [-0.2, -0.15) is 31.4 Å². The molecule has 0 amide bonds. The van der Waals surface area contributed by atoms with Gasteiger partial charge in [-0.1, -0.05) is 17.7 Å². The Labute approximate surface area is 96.5 Å². The number of hydrogen-bond donors (Lipinski definition) is 1. The van der Waals surface area contributed by atoms with Gasteiger partial charge in [-0.05, 0) is 19.1 Å². The minimum atomic E-state index is -4.54. The van der Waals surface area contributed by atoms with Crippen LogP contribution in [0.15, 0.2) is 29.2 Å². The minimum absolute atomic E-state index is 0.210. The van der Waals surface area contributed by atoms with Gasteiger partial charge in [0.2, 0.25) is 0 Å². The van der Waals surface area contributed by atoms with Crippen LogP contribution in [0.1, 0.15) is 5.56 Å². The van der Waals surface area contributed by atoms with Crippen LogP contribution < -0.4 is 5.48 Å². The van der Waals surface area contributed by atoms with E-state index in [1.807, 2.05) is 0 Å². The molecule has 0 radical (unpaired) electrons. The second-order valence-corrected chi connectivity index (χ2v) is 4.83. The van der Waals surface area contributed by atoms with E-state index in [-0.39, 0.29) is 4.90 Å². The predicted molar refractivity (Wildman–Crippen MR) is 53.5 cm³/mol. The zero-order valence-corrected chi connectivity index (χ0v) is 9.60. The second-order valence-electron chi connectivity index (χ2n) is 3.29. The fraction of sp³-hybridized carbons (Fsp3) is 0.333. The number of halogens is 3. The Morgan fingerprint density at radius 3 is 2.24 bits per heavy atom. The molecule has 0 heterocycles. The zero-order valence-electron chi connectivity index (χ0n) is 8.78. The molecular weight excluding hydrogens is 259 g/mol. The smallest absolute Gasteiger partial charge is 0.192 e. The summed E-state index contributed by atoms with van der Waals surface area (Å²) in [5.74, 6) is 0. The average molecular weight is 269 g/mol. The number of nitrogens with one attached hydrogen (secondary N) is 1. The molecule has 1 aromatic carbocycles. The first-order valence-corrected chi connectivity index (χ1v) is 5.91. The lowest BCUT2D eigenvalue weighted by atomic mass is 10.2. The van der Waals surface area contributed by atoms with E-state index in [0.29, 0.717) is 0 Å². The molecule has 0 saturated carbocycles. The Hall–Kier alpha value is -1.12. The van der Waals surface area contributed by atoms with E-state index in [4.69, 9.17) is 0 Å². The molecule has 0 aromatic heterocycles. The van der Waals surface area contributed by atoms with Crippen LogP contribution in [-0.4, -0.2) is 21.1 Å². The summed E-state index contributed by atoms with van der Waals surface area (Å²) in [5, 5.41) is 0. The van der Waals surface area contributed by atoms with Gasteiger partial charge in [0, 0.05) is 0 Å². The molecule has 0 aliphatic carbocycles. The summed E-state index contributed by atoms with van der Waals surface area (Å²) in [4.78, 5) is -0.210. The van der Waals surface area contributed by atoms with Gasteiger partial charge < -0.3 is 0 Å². The van der Waals surface area contributed by atoms with Crippen molar-refractivity contribution in [3.05, 3.63) is 29.8 Å². The van der Waals surface area contributed by atoms with Crippen LogP contribution in [0.4, 0.5) is 13.2 Å². The average Bonchev–Trinajstić information content (AvgIpc) is 2.15. The third-order valence-corrected chi connectivity index (χ3v) is 2.94. The molecule has 0 aliphatic rings. The minimum Gasteiger partial charge on any atom is -0.192 e. The number of rotatable bonds is 4. The van der Waals surface area contributed by atoms with E-state index in [1.54, 1.807) is 6.92 Å². The topological polar surface area (TPSA) is 55.4 Å². The van der Waals surface area contributed by atoms with Crippen LogP contribution in [0.25, 0.3) is 0 Å². The Morgan fingerprint density at radius 2 is 1.76 bits per heavy atom. The molecule has 0 unspecified atom stereocenters. The van der Waals surface area contributed by atoms with Gasteiger partial charge in [0.25, 0.3) is 0 Å². The van der Waals surface area contributed by atoms with Gasteiger partial charge in [-0.25, -0.2) is 0 Å². The maximum atomic E-state index is 11.7. The molecule has 0 atom stereocenters. The lowest BCUT2D eigenvalue weighted by Crippen LogP contribution is -2.31. The van der Waals surface area contributed by atoms with Crippen molar-refractivity contribution in [3.8, 4) is 0 Å². The van der Waals surface area contributed by atoms with Crippen molar-refractivity contribution in [1.82, 2.24) is 5.48 Å². The van der Waals surface area contributed by atoms with E-state index in [1.165, 1.54) is 29.7 Å². The van der Waals surface area contributed by atoms with E-state index < -0.39 is 22.8 Å². The summed E-state index contributed by atoms with van der Waals surface area (Å²) in [6, 6.07) is 5.53. The summed E-state index contributed by atoms with van der Waals surface area (Å²) in [5.41, 5.74) is 2.19. The molecule has 96 valence electrons. The van der Waals surface area contributed by atoms with Crippen LogP contribution in [0.2, 0.25) is 0 Å². The highest BCUT2D eigenvalue weighted by atomic mass is 32.2. The first kappa shape index (κ1) is 13.9. The van der Waals surface area contributed by atoms with Gasteiger partial charge in [-0.3, -0.25) is 0 Å². The predicted octanol–water partition coefficient (Wildman–Crippen LogP) is 1.77. The molecular formula is C9H10F3NO3S. The molecule has 0 fully saturated rings. The summed E-state index contributed by atoms with van der Waals surface area (Å²) < 4.78 is 62.0. The zero-order chi connectivity index (χ0) is 13.1. The number of aryl methyl sites for hydroxylation is 1. The van der Waals surface area contributed by atoms with Gasteiger partial charge >= 0.3 is 16.3 Å². The lowest BCUT2D eigenvalue weighted by Gasteiger charge is -2.08.